The van der Waals surface area contributed by atoms with E-state index in [9.17, 15) is 14.7 Å². The van der Waals surface area contributed by atoms with Crippen molar-refractivity contribution in [2.75, 3.05) is 0 Å². The van der Waals surface area contributed by atoms with Gasteiger partial charge in [0.1, 0.15) is 11.0 Å². The van der Waals surface area contributed by atoms with Crippen LogP contribution in [0.2, 0.25) is 0 Å². The average Bonchev–Trinajstić information content (AvgIpc) is 2.66. The van der Waals surface area contributed by atoms with Gasteiger partial charge < -0.3 is 21.1 Å². The van der Waals surface area contributed by atoms with Crippen LogP contribution >= 0.6 is 11.6 Å². The van der Waals surface area contributed by atoms with E-state index in [1.807, 2.05) is 0 Å². The van der Waals surface area contributed by atoms with Gasteiger partial charge in [0.25, 0.3) is 0 Å². The summed E-state index contributed by atoms with van der Waals surface area (Å²) in [6.45, 7) is 8.36. The molecule has 34 heavy (non-hydrogen) atoms. The summed E-state index contributed by atoms with van der Waals surface area (Å²) in [5.41, 5.74) is 0.763. The van der Waals surface area contributed by atoms with Crippen LogP contribution in [0.4, 0.5) is 0 Å². The molecule has 0 aromatic rings. The molecule has 0 aromatic heterocycles. The van der Waals surface area contributed by atoms with E-state index in [-0.39, 0.29) is 24.3 Å². The third kappa shape index (κ3) is 9.31. The summed E-state index contributed by atoms with van der Waals surface area (Å²) in [5.74, 6) is -1.03. The maximum atomic E-state index is 11.6. The van der Waals surface area contributed by atoms with Crippen LogP contribution in [0.1, 0.15) is 125 Å². The van der Waals surface area contributed by atoms with E-state index < -0.39 is 16.3 Å². The van der Waals surface area contributed by atoms with Crippen LogP contribution in [0.15, 0.2) is 0 Å². The average molecular weight is 504 g/mol. The molecule has 6 nitrogen and oxygen atoms in total. The zero-order chi connectivity index (χ0) is 24.9. The highest BCUT2D eigenvalue weighted by Gasteiger charge is 2.42. The minimum atomic E-state index is -0.883. The SMILES string of the molecule is CC(C)(C)C(=O)O.CC(C)(Cl)C(=O)OC1CCC2(CCC2)CC1.N.OC1CCC2(CCC2)CC1. The fourth-order valence-electron chi connectivity index (χ4n) is 5.18. The second kappa shape index (κ2) is 12.4. The minimum Gasteiger partial charge on any atom is -0.481 e. The quantitative estimate of drug-likeness (QED) is 0.275. The molecule has 4 saturated carbocycles. The summed E-state index contributed by atoms with van der Waals surface area (Å²) in [4.78, 5) is 20.8. The molecule has 0 radical (unpaired) electrons. The first kappa shape index (κ1) is 31.2. The summed E-state index contributed by atoms with van der Waals surface area (Å²) in [7, 11) is 0. The first-order valence-electron chi connectivity index (χ1n) is 13.0. The molecule has 0 aromatic carbocycles. The fourth-order valence-corrected chi connectivity index (χ4v) is 5.23. The molecular formula is C27H50ClNO5. The Bertz CT molecular complexity index is 639. The summed E-state index contributed by atoms with van der Waals surface area (Å²) in [5, 5.41) is 17.5. The number of aliphatic hydroxyl groups is 1. The Morgan fingerprint density at radius 1 is 0.794 bits per heavy atom. The van der Waals surface area contributed by atoms with Crippen molar-refractivity contribution in [1.29, 1.82) is 0 Å². The number of hydrogen-bond acceptors (Lipinski definition) is 5. The smallest absolute Gasteiger partial charge is 0.326 e. The summed E-state index contributed by atoms with van der Waals surface area (Å²) in [6.07, 6.45) is 17.9. The zero-order valence-corrected chi connectivity index (χ0v) is 23.0. The Kier molecular flexibility index (Phi) is 11.4. The molecule has 0 unspecified atom stereocenters. The lowest BCUT2D eigenvalue weighted by atomic mass is 9.60. The highest BCUT2D eigenvalue weighted by molar-refractivity contribution is 6.33. The van der Waals surface area contributed by atoms with E-state index in [2.05, 4.69) is 0 Å². The predicted molar refractivity (Wildman–Crippen MR) is 137 cm³/mol. The number of carbonyl (C=O) groups excluding carboxylic acids is 1. The maximum Gasteiger partial charge on any atom is 0.326 e. The molecule has 0 aliphatic heterocycles. The van der Waals surface area contributed by atoms with Crippen molar-refractivity contribution in [3.8, 4) is 0 Å². The summed E-state index contributed by atoms with van der Waals surface area (Å²) >= 11 is 5.92. The number of rotatable bonds is 2. The standard InChI is InChI=1S/C13H21ClO2.C9H16O.C5H10O2.H3N/c1-12(2,14)11(15)16-10-4-8-13(9-5-10)6-3-7-13;10-8-2-6-9(7-3-8)4-1-5-9;1-5(2,3)4(6)7;/h10H,3-9H2,1-2H3;8,10H,1-7H2;1-3H3,(H,6,7);1H3. The third-order valence-electron chi connectivity index (χ3n) is 8.24. The number of esters is 1. The number of alkyl halides is 1. The number of carboxylic acids is 1. The van der Waals surface area contributed by atoms with Crippen molar-refractivity contribution < 1.29 is 24.5 Å². The van der Waals surface area contributed by atoms with Gasteiger partial charge in [-0.25, -0.2) is 0 Å². The Morgan fingerprint density at radius 3 is 1.41 bits per heavy atom. The third-order valence-corrected chi connectivity index (χ3v) is 8.39. The van der Waals surface area contributed by atoms with E-state index in [0.717, 1.165) is 31.1 Å². The van der Waals surface area contributed by atoms with Crippen LogP contribution in [-0.4, -0.2) is 39.2 Å². The number of carbonyl (C=O) groups is 2. The van der Waals surface area contributed by atoms with E-state index >= 15 is 0 Å². The van der Waals surface area contributed by atoms with Gasteiger partial charge in [-0.3, -0.25) is 9.59 Å². The van der Waals surface area contributed by atoms with Gasteiger partial charge in [-0.2, -0.15) is 0 Å². The van der Waals surface area contributed by atoms with Crippen molar-refractivity contribution in [3.63, 3.8) is 0 Å². The molecule has 7 heteroatoms. The first-order chi connectivity index (χ1) is 15.2. The Hall–Kier alpha value is -0.850. The number of ether oxygens (including phenoxy) is 1. The molecular weight excluding hydrogens is 454 g/mol. The lowest BCUT2D eigenvalue weighted by molar-refractivity contribution is -0.155. The number of halogens is 1. The lowest BCUT2D eigenvalue weighted by Crippen LogP contribution is -2.39. The van der Waals surface area contributed by atoms with Crippen LogP contribution < -0.4 is 6.15 Å². The van der Waals surface area contributed by atoms with Crippen molar-refractivity contribution in [2.45, 2.75) is 142 Å². The molecule has 200 valence electrons. The molecule has 2 spiro atoms. The van der Waals surface area contributed by atoms with Gasteiger partial charge in [0.2, 0.25) is 0 Å². The van der Waals surface area contributed by atoms with E-state index in [4.69, 9.17) is 21.4 Å². The van der Waals surface area contributed by atoms with Gasteiger partial charge in [-0.05, 0) is 122 Å². The highest BCUT2D eigenvalue weighted by Crippen LogP contribution is 2.52. The van der Waals surface area contributed by atoms with Crippen LogP contribution in [-0.2, 0) is 14.3 Å². The minimum absolute atomic E-state index is 0. The number of aliphatic carboxylic acids is 1. The van der Waals surface area contributed by atoms with E-state index in [1.54, 1.807) is 34.6 Å². The number of carboxylic acid groups (broad SMARTS) is 1. The zero-order valence-electron chi connectivity index (χ0n) is 22.3. The largest absolute Gasteiger partial charge is 0.481 e. The molecule has 5 N–H and O–H groups in total. The van der Waals surface area contributed by atoms with Gasteiger partial charge in [-0.1, -0.05) is 12.8 Å². The van der Waals surface area contributed by atoms with Gasteiger partial charge in [-0.15, -0.1) is 11.6 Å². The summed E-state index contributed by atoms with van der Waals surface area (Å²) < 4.78 is 5.45. The van der Waals surface area contributed by atoms with Crippen molar-refractivity contribution >= 4 is 23.5 Å². The van der Waals surface area contributed by atoms with Gasteiger partial charge in [0, 0.05) is 0 Å². The number of hydrogen-bond donors (Lipinski definition) is 3. The molecule has 0 heterocycles. The van der Waals surface area contributed by atoms with Crippen LogP contribution in [0, 0.1) is 16.2 Å². The Morgan fingerprint density at radius 2 is 1.15 bits per heavy atom. The van der Waals surface area contributed by atoms with Gasteiger partial charge in [0.15, 0.2) is 0 Å². The molecule has 0 atom stereocenters. The maximum absolute atomic E-state index is 11.6. The Labute approximate surface area is 212 Å². The molecule has 4 fully saturated rings. The number of aliphatic hydroxyl groups excluding tert-OH is 1. The molecule has 4 rings (SSSR count). The van der Waals surface area contributed by atoms with E-state index in [0.29, 0.717) is 5.41 Å². The molecule has 0 saturated heterocycles. The van der Waals surface area contributed by atoms with Crippen molar-refractivity contribution in [1.82, 2.24) is 6.15 Å². The molecule has 0 bridgehead atoms. The predicted octanol–water partition coefficient (Wildman–Crippen LogP) is 7.03. The van der Waals surface area contributed by atoms with Crippen LogP contribution in [0.5, 0.6) is 0 Å². The molecule has 4 aliphatic carbocycles. The molecule has 4 aliphatic rings. The van der Waals surface area contributed by atoms with E-state index in [1.165, 1.54) is 64.2 Å². The van der Waals surface area contributed by atoms with Crippen molar-refractivity contribution in [3.05, 3.63) is 0 Å². The van der Waals surface area contributed by atoms with Crippen LogP contribution in [0.3, 0.4) is 0 Å². The Balaban J connectivity index is 0.000000276. The molecule has 0 amide bonds. The monoisotopic (exact) mass is 503 g/mol. The summed E-state index contributed by atoms with van der Waals surface area (Å²) in [6, 6.07) is 0. The second-order valence-corrected chi connectivity index (χ2v) is 13.5. The second-order valence-electron chi connectivity index (χ2n) is 12.6. The van der Waals surface area contributed by atoms with Gasteiger partial charge >= 0.3 is 11.9 Å². The fraction of sp³-hybridized carbons (Fsp3) is 0.926. The first-order valence-corrected chi connectivity index (χ1v) is 13.4. The van der Waals surface area contributed by atoms with Gasteiger partial charge in [0.05, 0.1) is 11.5 Å². The highest BCUT2D eigenvalue weighted by atomic mass is 35.5. The topological polar surface area (TPSA) is 119 Å². The lowest BCUT2D eigenvalue weighted by Gasteiger charge is -2.46. The van der Waals surface area contributed by atoms with Crippen molar-refractivity contribution in [2.24, 2.45) is 16.2 Å². The normalized spacial score (nSPS) is 25.2. The van der Waals surface area contributed by atoms with Crippen LogP contribution in [0.25, 0.3) is 0 Å².